The number of guanidine groups is 1. The Morgan fingerprint density at radius 3 is 2.35 bits per heavy atom. The Labute approximate surface area is 184 Å². The smallest absolute Gasteiger partial charge is 0.191 e. The number of aromatic hydroxyl groups is 1. The molecule has 7 nitrogen and oxygen atoms in total. The number of nitrogens with one attached hydrogen (secondary N) is 2. The number of nitrogens with zero attached hydrogens (tertiary/aromatic N) is 1. The summed E-state index contributed by atoms with van der Waals surface area (Å²) in [6.07, 6.45) is 4.81. The molecule has 0 amide bonds. The first-order valence-corrected chi connectivity index (χ1v) is 10.9. The van der Waals surface area contributed by atoms with Gasteiger partial charge in [0.05, 0.1) is 26.9 Å². The molecule has 0 atom stereocenters. The molecule has 0 heterocycles. The highest BCUT2D eigenvalue weighted by molar-refractivity contribution is 5.79. The summed E-state index contributed by atoms with van der Waals surface area (Å²) in [5.41, 5.74) is 1.71. The summed E-state index contributed by atoms with van der Waals surface area (Å²) in [6.45, 7) is 3.59. The Bertz CT molecular complexity index is 879. The normalized spacial score (nSPS) is 14.4. The van der Waals surface area contributed by atoms with Crippen LogP contribution in [0.15, 0.2) is 41.4 Å². The Kier molecular flexibility index (Phi) is 8.27. The number of rotatable bonds is 9. The summed E-state index contributed by atoms with van der Waals surface area (Å²) in [6, 6.07) is 11.3. The van der Waals surface area contributed by atoms with E-state index in [2.05, 4.69) is 10.6 Å². The SMILES string of the molecule is CCNC(=NCc1cccc(OC)c1OC1CCCC1)NCc1cccc(OC)c1O. The lowest BCUT2D eigenvalue weighted by molar-refractivity contribution is 0.198. The molecule has 0 aromatic heterocycles. The molecule has 1 fully saturated rings. The van der Waals surface area contributed by atoms with Gasteiger partial charge in [-0.05, 0) is 44.7 Å². The minimum absolute atomic E-state index is 0.133. The van der Waals surface area contributed by atoms with E-state index in [-0.39, 0.29) is 11.9 Å². The van der Waals surface area contributed by atoms with E-state index in [0.717, 1.165) is 42.0 Å². The number of benzene rings is 2. The molecular formula is C24H33N3O4. The van der Waals surface area contributed by atoms with Gasteiger partial charge in [-0.15, -0.1) is 0 Å². The van der Waals surface area contributed by atoms with Gasteiger partial charge in [-0.1, -0.05) is 24.3 Å². The van der Waals surface area contributed by atoms with Crippen LogP contribution in [0.25, 0.3) is 0 Å². The van der Waals surface area contributed by atoms with Crippen LogP contribution in [0.5, 0.6) is 23.0 Å². The third-order valence-electron chi connectivity index (χ3n) is 5.37. The number of phenolic OH excluding ortho intramolecular Hbond substituents is 1. The lowest BCUT2D eigenvalue weighted by atomic mass is 10.1. The standard InChI is InChI=1S/C24H33N3O4/c1-4-25-24(26-15-17-9-7-13-20(29-2)22(17)28)27-16-18-10-8-14-21(30-3)23(18)31-19-11-5-6-12-19/h7-10,13-14,19,28H,4-6,11-12,15-16H2,1-3H3,(H2,25,26,27). The predicted octanol–water partition coefficient (Wildman–Crippen LogP) is 3.99. The molecule has 31 heavy (non-hydrogen) atoms. The van der Waals surface area contributed by atoms with Gasteiger partial charge in [-0.2, -0.15) is 0 Å². The molecule has 0 radical (unpaired) electrons. The molecule has 2 aromatic rings. The van der Waals surface area contributed by atoms with Crippen LogP contribution in [-0.4, -0.2) is 37.9 Å². The van der Waals surface area contributed by atoms with Gasteiger partial charge in [-0.3, -0.25) is 0 Å². The van der Waals surface area contributed by atoms with Crippen molar-refractivity contribution in [2.24, 2.45) is 4.99 Å². The van der Waals surface area contributed by atoms with Crippen LogP contribution in [-0.2, 0) is 13.1 Å². The highest BCUT2D eigenvalue weighted by atomic mass is 16.5. The van der Waals surface area contributed by atoms with E-state index in [9.17, 15) is 5.11 Å². The first-order valence-electron chi connectivity index (χ1n) is 10.9. The Balaban J connectivity index is 1.74. The molecule has 1 aliphatic rings. The predicted molar refractivity (Wildman–Crippen MR) is 122 cm³/mol. The molecule has 1 aliphatic carbocycles. The average molecular weight is 428 g/mol. The zero-order valence-electron chi connectivity index (χ0n) is 18.6. The zero-order valence-corrected chi connectivity index (χ0v) is 18.6. The molecule has 2 aromatic carbocycles. The number of ether oxygens (including phenoxy) is 3. The monoisotopic (exact) mass is 427 g/mol. The topological polar surface area (TPSA) is 84.3 Å². The van der Waals surface area contributed by atoms with E-state index < -0.39 is 0 Å². The second-order valence-corrected chi connectivity index (χ2v) is 7.49. The van der Waals surface area contributed by atoms with Crippen LogP contribution >= 0.6 is 0 Å². The summed E-state index contributed by atoms with van der Waals surface area (Å²) in [7, 11) is 3.20. The molecule has 3 N–H and O–H groups in total. The number of phenols is 1. The van der Waals surface area contributed by atoms with Crippen LogP contribution in [0, 0.1) is 0 Å². The maximum atomic E-state index is 10.3. The molecule has 3 rings (SSSR count). The third kappa shape index (κ3) is 5.96. The van der Waals surface area contributed by atoms with Gasteiger partial charge in [0.25, 0.3) is 0 Å². The minimum Gasteiger partial charge on any atom is -0.504 e. The fraction of sp³-hybridized carbons (Fsp3) is 0.458. The van der Waals surface area contributed by atoms with Crippen molar-refractivity contribution in [1.82, 2.24) is 10.6 Å². The second kappa shape index (κ2) is 11.3. The zero-order chi connectivity index (χ0) is 22.1. The number of hydrogen-bond acceptors (Lipinski definition) is 5. The Morgan fingerprint density at radius 2 is 1.68 bits per heavy atom. The van der Waals surface area contributed by atoms with E-state index in [1.807, 2.05) is 37.3 Å². The summed E-state index contributed by atoms with van der Waals surface area (Å²) >= 11 is 0. The molecular weight excluding hydrogens is 394 g/mol. The Hall–Kier alpha value is -3.09. The van der Waals surface area contributed by atoms with Gasteiger partial charge in [0.15, 0.2) is 29.0 Å². The van der Waals surface area contributed by atoms with Crippen molar-refractivity contribution in [3.05, 3.63) is 47.5 Å². The van der Waals surface area contributed by atoms with Crippen molar-refractivity contribution in [3.8, 4) is 23.0 Å². The fourth-order valence-corrected chi connectivity index (χ4v) is 3.71. The van der Waals surface area contributed by atoms with Crippen molar-refractivity contribution in [2.75, 3.05) is 20.8 Å². The van der Waals surface area contributed by atoms with Crippen molar-refractivity contribution >= 4 is 5.96 Å². The van der Waals surface area contributed by atoms with Gasteiger partial charge >= 0.3 is 0 Å². The van der Waals surface area contributed by atoms with E-state index in [4.69, 9.17) is 19.2 Å². The van der Waals surface area contributed by atoms with Crippen LogP contribution < -0.4 is 24.8 Å². The van der Waals surface area contributed by atoms with Gasteiger partial charge in [-0.25, -0.2) is 4.99 Å². The molecule has 0 spiro atoms. The van der Waals surface area contributed by atoms with Crippen molar-refractivity contribution in [1.29, 1.82) is 0 Å². The fourth-order valence-electron chi connectivity index (χ4n) is 3.71. The van der Waals surface area contributed by atoms with E-state index >= 15 is 0 Å². The lowest BCUT2D eigenvalue weighted by Gasteiger charge is -2.19. The first-order chi connectivity index (χ1) is 15.2. The van der Waals surface area contributed by atoms with Crippen molar-refractivity contribution in [3.63, 3.8) is 0 Å². The Morgan fingerprint density at radius 1 is 1.00 bits per heavy atom. The summed E-state index contributed by atoms with van der Waals surface area (Å²) in [5, 5.41) is 16.8. The number of para-hydroxylation sites is 2. The summed E-state index contributed by atoms with van der Waals surface area (Å²) in [4.78, 5) is 4.73. The molecule has 168 valence electrons. The number of aliphatic imine (C=N–C) groups is 1. The maximum Gasteiger partial charge on any atom is 0.191 e. The number of methoxy groups -OCH3 is 2. The molecule has 0 unspecified atom stereocenters. The van der Waals surface area contributed by atoms with E-state index in [1.165, 1.54) is 20.0 Å². The minimum atomic E-state index is 0.133. The largest absolute Gasteiger partial charge is 0.504 e. The van der Waals surface area contributed by atoms with Gasteiger partial charge in [0.2, 0.25) is 0 Å². The third-order valence-corrected chi connectivity index (χ3v) is 5.37. The quantitative estimate of drug-likeness (QED) is 0.415. The van der Waals surface area contributed by atoms with Gasteiger partial charge < -0.3 is 30.0 Å². The molecule has 7 heteroatoms. The van der Waals surface area contributed by atoms with Crippen LogP contribution in [0.1, 0.15) is 43.7 Å². The van der Waals surface area contributed by atoms with Gasteiger partial charge in [0.1, 0.15) is 0 Å². The van der Waals surface area contributed by atoms with Crippen molar-refractivity contribution < 1.29 is 19.3 Å². The average Bonchev–Trinajstić information content (AvgIpc) is 3.30. The molecule has 1 saturated carbocycles. The molecule has 0 aliphatic heterocycles. The van der Waals surface area contributed by atoms with Crippen LogP contribution in [0.4, 0.5) is 0 Å². The van der Waals surface area contributed by atoms with Crippen molar-refractivity contribution in [2.45, 2.75) is 51.8 Å². The maximum absolute atomic E-state index is 10.3. The van der Waals surface area contributed by atoms with Crippen LogP contribution in [0.3, 0.4) is 0 Å². The summed E-state index contributed by atoms with van der Waals surface area (Å²) in [5.74, 6) is 2.75. The first kappa shape index (κ1) is 22.6. The lowest BCUT2D eigenvalue weighted by Crippen LogP contribution is -2.36. The number of hydrogen-bond donors (Lipinski definition) is 3. The van der Waals surface area contributed by atoms with Gasteiger partial charge in [0, 0.05) is 24.2 Å². The van der Waals surface area contributed by atoms with Crippen LogP contribution in [0.2, 0.25) is 0 Å². The second-order valence-electron chi connectivity index (χ2n) is 7.49. The highest BCUT2D eigenvalue weighted by Crippen LogP contribution is 2.35. The van der Waals surface area contributed by atoms with E-state index in [1.54, 1.807) is 13.2 Å². The summed E-state index contributed by atoms with van der Waals surface area (Å²) < 4.78 is 17.0. The highest BCUT2D eigenvalue weighted by Gasteiger charge is 2.20. The molecule has 0 bridgehead atoms. The van der Waals surface area contributed by atoms with E-state index in [0.29, 0.717) is 24.8 Å². The molecule has 0 saturated heterocycles.